The zero-order valence-corrected chi connectivity index (χ0v) is 17.3. The highest BCUT2D eigenvalue weighted by Crippen LogP contribution is 2.20. The van der Waals surface area contributed by atoms with E-state index in [1.54, 1.807) is 0 Å². The van der Waals surface area contributed by atoms with Crippen molar-refractivity contribution in [3.63, 3.8) is 0 Å². The van der Waals surface area contributed by atoms with Gasteiger partial charge >= 0.3 is 0 Å². The Morgan fingerprint density at radius 3 is 2.34 bits per heavy atom. The van der Waals surface area contributed by atoms with Gasteiger partial charge in [-0.05, 0) is 42.5 Å². The topological polar surface area (TPSA) is 49.2 Å². The summed E-state index contributed by atoms with van der Waals surface area (Å²) in [5.74, 6) is 0.0651. The van der Waals surface area contributed by atoms with Crippen LogP contribution in [-0.4, -0.2) is 64.9 Å². The average Bonchev–Trinajstić information content (AvgIpc) is 2.75. The van der Waals surface area contributed by atoms with Gasteiger partial charge in [0, 0.05) is 35.2 Å². The number of hydrogen-bond acceptors (Lipinski definition) is 4. The first kappa shape index (κ1) is 20.0. The van der Waals surface area contributed by atoms with Crippen LogP contribution in [0.2, 0.25) is 5.02 Å². The number of carbonyl (C=O) groups is 1. The van der Waals surface area contributed by atoms with Crippen molar-refractivity contribution in [3.8, 4) is 0 Å². The van der Waals surface area contributed by atoms with Crippen molar-refractivity contribution >= 4 is 34.6 Å². The van der Waals surface area contributed by atoms with Gasteiger partial charge in [0.25, 0.3) is 5.91 Å². The van der Waals surface area contributed by atoms with Gasteiger partial charge in [-0.15, -0.1) is 0 Å². The standard InChI is InChI=1S/C22H27ClN4O2/c23-18-2-1-3-21(16-18)26-10-8-25(9-11-26)17-22(28)24-19-4-6-20(7-5-19)27-12-14-29-15-13-27/h1-7,16H,8-15,17H2,(H,24,28)/p+1. The van der Waals surface area contributed by atoms with E-state index in [-0.39, 0.29) is 5.91 Å². The molecule has 154 valence electrons. The van der Waals surface area contributed by atoms with Crippen LogP contribution in [0.4, 0.5) is 17.1 Å². The number of quaternary nitrogens is 1. The van der Waals surface area contributed by atoms with E-state index in [0.717, 1.165) is 68.9 Å². The summed E-state index contributed by atoms with van der Waals surface area (Å²) in [5, 5.41) is 3.80. The van der Waals surface area contributed by atoms with E-state index in [2.05, 4.69) is 33.3 Å². The third kappa shape index (κ3) is 5.41. The Kier molecular flexibility index (Phi) is 6.54. The van der Waals surface area contributed by atoms with Crippen LogP contribution in [0.3, 0.4) is 0 Å². The lowest BCUT2D eigenvalue weighted by molar-refractivity contribution is -0.892. The predicted octanol–water partition coefficient (Wildman–Crippen LogP) is 1.52. The summed E-state index contributed by atoms with van der Waals surface area (Å²) in [6.45, 7) is 7.60. The number of nitrogens with zero attached hydrogens (tertiary/aromatic N) is 2. The number of piperazine rings is 1. The summed E-state index contributed by atoms with van der Waals surface area (Å²) >= 11 is 6.10. The molecule has 2 N–H and O–H groups in total. The number of benzene rings is 2. The zero-order valence-electron chi connectivity index (χ0n) is 16.6. The summed E-state index contributed by atoms with van der Waals surface area (Å²) < 4.78 is 5.40. The molecule has 29 heavy (non-hydrogen) atoms. The second-order valence-electron chi connectivity index (χ2n) is 7.59. The molecule has 0 aromatic heterocycles. The lowest BCUT2D eigenvalue weighted by Gasteiger charge is -2.33. The molecule has 2 saturated heterocycles. The highest BCUT2D eigenvalue weighted by Gasteiger charge is 2.22. The van der Waals surface area contributed by atoms with Crippen LogP contribution in [0.5, 0.6) is 0 Å². The van der Waals surface area contributed by atoms with Crippen molar-refractivity contribution < 1.29 is 14.4 Å². The molecule has 0 spiro atoms. The van der Waals surface area contributed by atoms with Crippen LogP contribution in [0.1, 0.15) is 0 Å². The molecule has 2 aliphatic heterocycles. The molecule has 2 fully saturated rings. The summed E-state index contributed by atoms with van der Waals surface area (Å²) in [5.41, 5.74) is 3.18. The van der Waals surface area contributed by atoms with Crippen molar-refractivity contribution in [2.75, 3.05) is 74.1 Å². The SMILES string of the molecule is O=C(C[NH+]1CCN(c2cccc(Cl)c2)CC1)Nc1ccc(N2CCOCC2)cc1. The normalized spacial score (nSPS) is 18.0. The van der Waals surface area contributed by atoms with Gasteiger partial charge in [-0.1, -0.05) is 17.7 Å². The van der Waals surface area contributed by atoms with Crippen molar-refractivity contribution in [1.82, 2.24) is 0 Å². The minimum Gasteiger partial charge on any atom is -0.378 e. The molecule has 4 rings (SSSR count). The van der Waals surface area contributed by atoms with Gasteiger partial charge in [0.2, 0.25) is 0 Å². The van der Waals surface area contributed by atoms with Crippen LogP contribution in [-0.2, 0) is 9.53 Å². The lowest BCUT2D eigenvalue weighted by Crippen LogP contribution is -3.15. The third-order valence-corrected chi connectivity index (χ3v) is 5.82. The van der Waals surface area contributed by atoms with Gasteiger partial charge in [0.1, 0.15) is 0 Å². The Bertz CT molecular complexity index is 816. The quantitative estimate of drug-likeness (QED) is 0.777. The highest BCUT2D eigenvalue weighted by atomic mass is 35.5. The Balaban J connectivity index is 1.24. The summed E-state index contributed by atoms with van der Waals surface area (Å²) in [6.07, 6.45) is 0. The molecule has 7 heteroatoms. The fraction of sp³-hybridized carbons (Fsp3) is 0.409. The molecule has 0 saturated carbocycles. The lowest BCUT2D eigenvalue weighted by atomic mass is 10.2. The van der Waals surface area contributed by atoms with E-state index in [9.17, 15) is 4.79 Å². The monoisotopic (exact) mass is 415 g/mol. The molecule has 0 atom stereocenters. The van der Waals surface area contributed by atoms with Gasteiger partial charge in [0.15, 0.2) is 6.54 Å². The largest absolute Gasteiger partial charge is 0.378 e. The average molecular weight is 416 g/mol. The molecular weight excluding hydrogens is 388 g/mol. The number of halogens is 1. The van der Waals surface area contributed by atoms with E-state index in [4.69, 9.17) is 16.3 Å². The van der Waals surface area contributed by atoms with Gasteiger partial charge in [0.05, 0.1) is 39.4 Å². The molecule has 0 unspecified atom stereocenters. The van der Waals surface area contributed by atoms with Crippen molar-refractivity contribution in [2.24, 2.45) is 0 Å². The van der Waals surface area contributed by atoms with Crippen molar-refractivity contribution in [3.05, 3.63) is 53.6 Å². The number of amides is 1. The van der Waals surface area contributed by atoms with Gasteiger partial charge < -0.3 is 24.8 Å². The van der Waals surface area contributed by atoms with Gasteiger partial charge in [-0.3, -0.25) is 4.79 Å². The van der Waals surface area contributed by atoms with Gasteiger partial charge in [-0.2, -0.15) is 0 Å². The maximum atomic E-state index is 12.5. The molecule has 2 aliphatic rings. The number of morpholine rings is 1. The number of hydrogen-bond donors (Lipinski definition) is 2. The van der Waals surface area contributed by atoms with Crippen molar-refractivity contribution in [1.29, 1.82) is 0 Å². The van der Waals surface area contributed by atoms with E-state index in [0.29, 0.717) is 6.54 Å². The Labute approximate surface area is 177 Å². The van der Waals surface area contributed by atoms with Crippen LogP contribution >= 0.6 is 11.6 Å². The predicted molar refractivity (Wildman–Crippen MR) is 117 cm³/mol. The summed E-state index contributed by atoms with van der Waals surface area (Å²) in [4.78, 5) is 18.4. The molecular formula is C22H28ClN4O2+. The van der Waals surface area contributed by atoms with Gasteiger partial charge in [-0.25, -0.2) is 0 Å². The molecule has 2 aromatic carbocycles. The van der Waals surface area contributed by atoms with E-state index >= 15 is 0 Å². The Hall–Kier alpha value is -2.28. The zero-order chi connectivity index (χ0) is 20.1. The second-order valence-corrected chi connectivity index (χ2v) is 8.02. The molecule has 1 amide bonds. The fourth-order valence-electron chi connectivity index (χ4n) is 3.94. The van der Waals surface area contributed by atoms with Crippen LogP contribution < -0.4 is 20.0 Å². The Morgan fingerprint density at radius 1 is 0.966 bits per heavy atom. The molecule has 2 aromatic rings. The molecule has 0 aliphatic carbocycles. The number of rotatable bonds is 5. The smallest absolute Gasteiger partial charge is 0.279 e. The first-order valence-electron chi connectivity index (χ1n) is 10.2. The van der Waals surface area contributed by atoms with E-state index < -0.39 is 0 Å². The number of nitrogens with one attached hydrogen (secondary N) is 2. The minimum atomic E-state index is 0.0651. The first-order valence-corrected chi connectivity index (χ1v) is 10.6. The fourth-order valence-corrected chi connectivity index (χ4v) is 4.12. The van der Waals surface area contributed by atoms with Crippen LogP contribution in [0.15, 0.2) is 48.5 Å². The highest BCUT2D eigenvalue weighted by molar-refractivity contribution is 6.30. The maximum Gasteiger partial charge on any atom is 0.279 e. The van der Waals surface area contributed by atoms with Crippen molar-refractivity contribution in [2.45, 2.75) is 0 Å². The van der Waals surface area contributed by atoms with E-state index in [1.165, 1.54) is 10.6 Å². The first-order chi connectivity index (χ1) is 14.2. The number of carbonyl (C=O) groups excluding carboxylic acids is 1. The summed E-state index contributed by atoms with van der Waals surface area (Å²) in [7, 11) is 0. The molecule has 0 radical (unpaired) electrons. The second kappa shape index (κ2) is 9.48. The Morgan fingerprint density at radius 2 is 1.66 bits per heavy atom. The molecule has 2 heterocycles. The van der Waals surface area contributed by atoms with Crippen LogP contribution in [0.25, 0.3) is 0 Å². The maximum absolute atomic E-state index is 12.5. The van der Waals surface area contributed by atoms with Crippen LogP contribution in [0, 0.1) is 0 Å². The van der Waals surface area contributed by atoms with E-state index in [1.807, 2.05) is 30.3 Å². The molecule has 0 bridgehead atoms. The molecule has 6 nitrogen and oxygen atoms in total. The minimum absolute atomic E-state index is 0.0651. The number of anilines is 3. The third-order valence-electron chi connectivity index (χ3n) is 5.58. The number of ether oxygens (including phenoxy) is 1. The summed E-state index contributed by atoms with van der Waals surface area (Å²) in [6, 6.07) is 16.1.